The van der Waals surface area contributed by atoms with Crippen LogP contribution in [0.25, 0.3) is 11.3 Å². The van der Waals surface area contributed by atoms with Gasteiger partial charge in [0.25, 0.3) is 5.91 Å². The number of nitrogens with two attached hydrogens (primary N) is 1. The van der Waals surface area contributed by atoms with Crippen molar-refractivity contribution in [1.29, 1.82) is 0 Å². The summed E-state index contributed by atoms with van der Waals surface area (Å²) in [5.41, 5.74) is 6.93. The molecule has 3 aromatic rings. The van der Waals surface area contributed by atoms with E-state index < -0.39 is 5.91 Å². The van der Waals surface area contributed by atoms with Crippen molar-refractivity contribution in [3.63, 3.8) is 0 Å². The lowest BCUT2D eigenvalue weighted by Gasteiger charge is -2.07. The Labute approximate surface area is 132 Å². The van der Waals surface area contributed by atoms with Crippen LogP contribution in [0.15, 0.2) is 66.7 Å². The monoisotopic (exact) mass is 308 g/mol. The van der Waals surface area contributed by atoms with Gasteiger partial charge in [0.1, 0.15) is 23.0 Å². The Kier molecular flexibility index (Phi) is 4.01. The third-order valence-electron chi connectivity index (χ3n) is 3.20. The van der Waals surface area contributed by atoms with Gasteiger partial charge in [0.05, 0.1) is 5.69 Å². The average Bonchev–Trinajstić information content (AvgIpc) is 2.58. The fraction of sp³-hybridized carbons (Fsp3) is 0. The van der Waals surface area contributed by atoms with E-state index in [-0.39, 0.29) is 11.5 Å². The van der Waals surface area contributed by atoms with E-state index in [1.807, 2.05) is 12.1 Å². The highest BCUT2D eigenvalue weighted by atomic mass is 19.1. The number of halogens is 1. The quantitative estimate of drug-likeness (QED) is 0.797. The molecule has 0 spiro atoms. The molecule has 1 heterocycles. The standard InChI is InChI=1S/C18H13FN2O2/c19-13-6-10-15(11-7-13)23-14-8-4-12(5-9-14)16-2-1-3-17(21-16)18(20)22/h1-11H,(H2,20,22). The van der Waals surface area contributed by atoms with Gasteiger partial charge in [0.15, 0.2) is 0 Å². The maximum absolute atomic E-state index is 12.9. The minimum absolute atomic E-state index is 0.217. The van der Waals surface area contributed by atoms with E-state index in [1.54, 1.807) is 42.5 Å². The number of pyridine rings is 1. The van der Waals surface area contributed by atoms with Crippen molar-refractivity contribution in [2.45, 2.75) is 0 Å². The zero-order valence-corrected chi connectivity index (χ0v) is 12.1. The first kappa shape index (κ1) is 14.7. The highest BCUT2D eigenvalue weighted by Gasteiger charge is 2.05. The van der Waals surface area contributed by atoms with Crippen LogP contribution in [0.1, 0.15) is 10.5 Å². The lowest BCUT2D eigenvalue weighted by Crippen LogP contribution is -2.12. The summed E-state index contributed by atoms with van der Waals surface area (Å²) in [4.78, 5) is 15.4. The highest BCUT2D eigenvalue weighted by Crippen LogP contribution is 2.25. The van der Waals surface area contributed by atoms with Crippen molar-refractivity contribution in [2.75, 3.05) is 0 Å². The number of primary amides is 1. The van der Waals surface area contributed by atoms with Crippen LogP contribution in [0, 0.1) is 5.82 Å². The second-order valence-electron chi connectivity index (χ2n) is 4.85. The molecule has 0 aliphatic carbocycles. The SMILES string of the molecule is NC(=O)c1cccc(-c2ccc(Oc3ccc(F)cc3)cc2)n1. The van der Waals surface area contributed by atoms with Gasteiger partial charge >= 0.3 is 0 Å². The Balaban J connectivity index is 1.80. The molecule has 0 saturated carbocycles. The number of carbonyl (C=O) groups is 1. The molecule has 0 fully saturated rings. The first-order chi connectivity index (χ1) is 11.1. The Morgan fingerprint density at radius 3 is 2.13 bits per heavy atom. The molecule has 0 aliphatic heterocycles. The molecule has 4 nitrogen and oxygen atoms in total. The lowest BCUT2D eigenvalue weighted by molar-refractivity contribution is 0.0995. The van der Waals surface area contributed by atoms with E-state index in [4.69, 9.17) is 10.5 Å². The molecular formula is C18H13FN2O2. The average molecular weight is 308 g/mol. The second kappa shape index (κ2) is 6.27. The molecule has 0 radical (unpaired) electrons. The van der Waals surface area contributed by atoms with Crippen LogP contribution in [0.4, 0.5) is 4.39 Å². The Morgan fingerprint density at radius 2 is 1.52 bits per heavy atom. The molecule has 0 unspecified atom stereocenters. The molecule has 0 atom stereocenters. The highest BCUT2D eigenvalue weighted by molar-refractivity contribution is 5.91. The molecule has 2 N–H and O–H groups in total. The lowest BCUT2D eigenvalue weighted by atomic mass is 10.1. The number of ether oxygens (including phenoxy) is 1. The molecule has 23 heavy (non-hydrogen) atoms. The van der Waals surface area contributed by atoms with Crippen LogP contribution in [0.2, 0.25) is 0 Å². The number of benzene rings is 2. The summed E-state index contributed by atoms with van der Waals surface area (Å²) in [6.45, 7) is 0. The van der Waals surface area contributed by atoms with E-state index in [2.05, 4.69) is 4.98 Å². The fourth-order valence-corrected chi connectivity index (χ4v) is 2.07. The first-order valence-corrected chi connectivity index (χ1v) is 6.92. The summed E-state index contributed by atoms with van der Waals surface area (Å²) in [7, 11) is 0. The molecule has 1 aromatic heterocycles. The predicted molar refractivity (Wildman–Crippen MR) is 84.7 cm³/mol. The van der Waals surface area contributed by atoms with Gasteiger partial charge in [0, 0.05) is 5.56 Å². The van der Waals surface area contributed by atoms with E-state index in [1.165, 1.54) is 12.1 Å². The molecule has 0 saturated heterocycles. The summed E-state index contributed by atoms with van der Waals surface area (Å²) in [5, 5.41) is 0. The van der Waals surface area contributed by atoms with Crippen LogP contribution in [0.3, 0.4) is 0 Å². The van der Waals surface area contributed by atoms with E-state index >= 15 is 0 Å². The van der Waals surface area contributed by atoms with Crippen molar-refractivity contribution in [3.05, 3.63) is 78.2 Å². The summed E-state index contributed by atoms with van der Waals surface area (Å²) >= 11 is 0. The number of amides is 1. The van der Waals surface area contributed by atoms with Gasteiger partial charge in [-0.15, -0.1) is 0 Å². The second-order valence-corrected chi connectivity index (χ2v) is 4.85. The Hall–Kier alpha value is -3.21. The smallest absolute Gasteiger partial charge is 0.267 e. The van der Waals surface area contributed by atoms with Gasteiger partial charge in [-0.2, -0.15) is 0 Å². The number of hydrogen-bond acceptors (Lipinski definition) is 3. The van der Waals surface area contributed by atoms with Crippen LogP contribution < -0.4 is 10.5 Å². The Bertz CT molecular complexity index is 830. The van der Waals surface area contributed by atoms with Crippen LogP contribution in [-0.2, 0) is 0 Å². The molecule has 5 heteroatoms. The summed E-state index contributed by atoms with van der Waals surface area (Å²) in [6, 6.07) is 18.1. The number of nitrogens with zero attached hydrogens (tertiary/aromatic N) is 1. The van der Waals surface area contributed by atoms with Crippen molar-refractivity contribution in [3.8, 4) is 22.8 Å². The largest absolute Gasteiger partial charge is 0.457 e. The van der Waals surface area contributed by atoms with Gasteiger partial charge in [-0.05, 0) is 60.7 Å². The molecule has 3 rings (SSSR count). The summed E-state index contributed by atoms with van der Waals surface area (Å²) in [6.07, 6.45) is 0. The maximum Gasteiger partial charge on any atom is 0.267 e. The molecule has 2 aromatic carbocycles. The maximum atomic E-state index is 12.9. The van der Waals surface area contributed by atoms with E-state index in [0.717, 1.165) is 5.56 Å². The van der Waals surface area contributed by atoms with Gasteiger partial charge < -0.3 is 10.5 Å². The molecule has 0 bridgehead atoms. The number of rotatable bonds is 4. The third kappa shape index (κ3) is 3.52. The van der Waals surface area contributed by atoms with Gasteiger partial charge in [-0.3, -0.25) is 4.79 Å². The van der Waals surface area contributed by atoms with Crippen molar-refractivity contribution in [2.24, 2.45) is 5.73 Å². The number of hydrogen-bond donors (Lipinski definition) is 1. The topological polar surface area (TPSA) is 65.2 Å². The first-order valence-electron chi connectivity index (χ1n) is 6.92. The number of carbonyl (C=O) groups excluding carboxylic acids is 1. The van der Waals surface area contributed by atoms with Crippen LogP contribution in [-0.4, -0.2) is 10.9 Å². The van der Waals surface area contributed by atoms with E-state index in [9.17, 15) is 9.18 Å². The molecule has 114 valence electrons. The van der Waals surface area contributed by atoms with Crippen LogP contribution >= 0.6 is 0 Å². The normalized spacial score (nSPS) is 10.3. The summed E-state index contributed by atoms with van der Waals surface area (Å²) < 4.78 is 18.5. The predicted octanol–water partition coefficient (Wildman–Crippen LogP) is 3.78. The zero-order valence-electron chi connectivity index (χ0n) is 12.1. The zero-order chi connectivity index (χ0) is 16.2. The van der Waals surface area contributed by atoms with Crippen molar-refractivity contribution in [1.82, 2.24) is 4.98 Å². The Morgan fingerprint density at radius 1 is 0.913 bits per heavy atom. The number of aromatic nitrogens is 1. The molecular weight excluding hydrogens is 295 g/mol. The van der Waals surface area contributed by atoms with Crippen LogP contribution in [0.5, 0.6) is 11.5 Å². The van der Waals surface area contributed by atoms with Gasteiger partial charge in [-0.25, -0.2) is 9.37 Å². The van der Waals surface area contributed by atoms with Crippen molar-refractivity contribution >= 4 is 5.91 Å². The van der Waals surface area contributed by atoms with Gasteiger partial charge in [0.2, 0.25) is 0 Å². The third-order valence-corrected chi connectivity index (χ3v) is 3.20. The van der Waals surface area contributed by atoms with Crippen molar-refractivity contribution < 1.29 is 13.9 Å². The van der Waals surface area contributed by atoms with Gasteiger partial charge in [-0.1, -0.05) is 6.07 Å². The minimum Gasteiger partial charge on any atom is -0.457 e. The molecule has 0 aliphatic rings. The van der Waals surface area contributed by atoms with E-state index in [0.29, 0.717) is 17.2 Å². The summed E-state index contributed by atoms with van der Waals surface area (Å²) in [5.74, 6) is 0.288. The molecule has 1 amide bonds. The minimum atomic E-state index is -0.567. The fourth-order valence-electron chi connectivity index (χ4n) is 2.07.